The van der Waals surface area contributed by atoms with Crippen LogP contribution in [0, 0.1) is 46.3 Å². The summed E-state index contributed by atoms with van der Waals surface area (Å²) >= 11 is 0. The molecule has 7 fully saturated rings. The summed E-state index contributed by atoms with van der Waals surface area (Å²) in [6.07, 6.45) is -1.53. The third kappa shape index (κ3) is 5.84. The Morgan fingerprint density at radius 2 is 1.57 bits per heavy atom. The van der Waals surface area contributed by atoms with Crippen molar-refractivity contribution in [2.75, 3.05) is 13.2 Å². The Balaban J connectivity index is 0.915. The molecular weight excluding hydrogens is 660 g/mol. The zero-order chi connectivity index (χ0) is 36.2. The van der Waals surface area contributed by atoms with Gasteiger partial charge in [0, 0.05) is 12.3 Å². The van der Waals surface area contributed by atoms with Crippen LogP contribution in [-0.4, -0.2) is 123 Å². The number of hydrogen-bond acceptors (Lipinski definition) is 12. The highest BCUT2D eigenvalue weighted by Crippen LogP contribution is 2.70. The van der Waals surface area contributed by atoms with Gasteiger partial charge in [-0.25, -0.2) is 0 Å². The molecule has 0 unspecified atom stereocenters. The van der Waals surface area contributed by atoms with Crippen LogP contribution in [0.25, 0.3) is 0 Å². The number of aliphatic hydroxyl groups excluding tert-OH is 6. The molecule has 4 saturated heterocycles. The fraction of sp³-hybridized carbons (Fsp3) is 0.949. The molecule has 1 spiro atoms. The van der Waals surface area contributed by atoms with Crippen LogP contribution in [0.3, 0.4) is 0 Å². The van der Waals surface area contributed by atoms with Gasteiger partial charge in [0.2, 0.25) is 0 Å². The van der Waals surface area contributed by atoms with Gasteiger partial charge in [-0.3, -0.25) is 0 Å². The predicted molar refractivity (Wildman–Crippen MR) is 182 cm³/mol. The van der Waals surface area contributed by atoms with Crippen molar-refractivity contribution in [2.45, 2.75) is 172 Å². The minimum atomic E-state index is -1.61. The minimum absolute atomic E-state index is 0.0757. The third-order valence-electron chi connectivity index (χ3n) is 15.6. The van der Waals surface area contributed by atoms with Crippen LogP contribution in [-0.2, 0) is 28.4 Å². The lowest BCUT2D eigenvalue weighted by atomic mass is 9.47. The molecule has 4 heterocycles. The Morgan fingerprint density at radius 3 is 2.29 bits per heavy atom. The molecule has 12 nitrogen and oxygen atoms in total. The van der Waals surface area contributed by atoms with Crippen molar-refractivity contribution in [1.29, 1.82) is 0 Å². The molecule has 0 aromatic heterocycles. The Morgan fingerprint density at radius 1 is 0.824 bits per heavy atom. The van der Waals surface area contributed by atoms with Gasteiger partial charge in [0.25, 0.3) is 0 Å². The normalized spacial score (nSPS) is 58.4. The Kier molecular flexibility index (Phi) is 9.83. The van der Waals surface area contributed by atoms with Crippen LogP contribution in [0.1, 0.15) is 92.4 Å². The first-order chi connectivity index (χ1) is 24.2. The average Bonchev–Trinajstić information content (AvgIpc) is 3.56. The van der Waals surface area contributed by atoms with E-state index in [-0.39, 0.29) is 23.0 Å². The van der Waals surface area contributed by atoms with E-state index < -0.39 is 73.8 Å². The van der Waals surface area contributed by atoms with Gasteiger partial charge in [-0.15, -0.1) is 0 Å². The fourth-order valence-electron chi connectivity index (χ4n) is 12.6. The Hall–Kier alpha value is -0.740. The first-order valence-corrected chi connectivity index (χ1v) is 19.8. The molecular formula is C39H62O12. The Labute approximate surface area is 301 Å². The summed E-state index contributed by atoms with van der Waals surface area (Å²) in [6, 6.07) is 0. The molecule has 51 heavy (non-hydrogen) atoms. The minimum Gasteiger partial charge on any atom is -0.394 e. The Bertz CT molecular complexity index is 1300. The van der Waals surface area contributed by atoms with Crippen molar-refractivity contribution in [3.63, 3.8) is 0 Å². The topological polar surface area (TPSA) is 177 Å². The number of rotatable bonds is 5. The highest BCUT2D eigenvalue weighted by atomic mass is 16.7. The monoisotopic (exact) mass is 722 g/mol. The smallest absolute Gasteiger partial charge is 0.187 e. The van der Waals surface area contributed by atoms with Crippen molar-refractivity contribution in [2.24, 2.45) is 46.3 Å². The summed E-state index contributed by atoms with van der Waals surface area (Å²) < 4.78 is 37.1. The second-order valence-corrected chi connectivity index (χ2v) is 18.3. The van der Waals surface area contributed by atoms with Gasteiger partial charge in [-0.1, -0.05) is 39.3 Å². The molecule has 3 saturated carbocycles. The van der Waals surface area contributed by atoms with Crippen LogP contribution in [0.15, 0.2) is 11.6 Å². The summed E-state index contributed by atoms with van der Waals surface area (Å²) in [4.78, 5) is 0. The number of allylic oxidation sites excluding steroid dienone is 1. The summed E-state index contributed by atoms with van der Waals surface area (Å²) in [7, 11) is 0. The van der Waals surface area contributed by atoms with E-state index in [4.69, 9.17) is 28.4 Å². The molecule has 290 valence electrons. The van der Waals surface area contributed by atoms with E-state index in [9.17, 15) is 30.6 Å². The lowest BCUT2D eigenvalue weighted by Gasteiger charge is -2.58. The van der Waals surface area contributed by atoms with E-state index in [1.54, 1.807) is 0 Å². The molecule has 0 aromatic rings. The van der Waals surface area contributed by atoms with E-state index in [1.807, 2.05) is 0 Å². The molecule has 12 heteroatoms. The van der Waals surface area contributed by atoms with Crippen LogP contribution in [0.2, 0.25) is 0 Å². The summed E-state index contributed by atoms with van der Waals surface area (Å²) in [5, 5.41) is 63.1. The van der Waals surface area contributed by atoms with E-state index in [0.717, 1.165) is 45.1 Å². The quantitative estimate of drug-likeness (QED) is 0.229. The molecule has 21 atom stereocenters. The van der Waals surface area contributed by atoms with Gasteiger partial charge in [-0.05, 0) is 98.7 Å². The van der Waals surface area contributed by atoms with Crippen molar-refractivity contribution < 1.29 is 59.1 Å². The van der Waals surface area contributed by atoms with Crippen LogP contribution in [0.5, 0.6) is 0 Å². The second kappa shape index (κ2) is 13.5. The van der Waals surface area contributed by atoms with Crippen LogP contribution in [0.4, 0.5) is 0 Å². The zero-order valence-electron chi connectivity index (χ0n) is 30.9. The van der Waals surface area contributed by atoms with Gasteiger partial charge in [-0.2, -0.15) is 0 Å². The van der Waals surface area contributed by atoms with E-state index in [0.29, 0.717) is 35.5 Å². The van der Waals surface area contributed by atoms with Gasteiger partial charge in [0.15, 0.2) is 18.4 Å². The number of ether oxygens (including phenoxy) is 6. The largest absolute Gasteiger partial charge is 0.394 e. The van der Waals surface area contributed by atoms with Crippen molar-refractivity contribution in [3.05, 3.63) is 11.6 Å². The van der Waals surface area contributed by atoms with Gasteiger partial charge in [0.05, 0.1) is 31.5 Å². The van der Waals surface area contributed by atoms with Crippen molar-refractivity contribution in [3.8, 4) is 0 Å². The maximum Gasteiger partial charge on any atom is 0.187 e. The second-order valence-electron chi connectivity index (χ2n) is 18.3. The average molecular weight is 723 g/mol. The molecule has 0 radical (unpaired) electrons. The lowest BCUT2D eigenvalue weighted by molar-refractivity contribution is -0.360. The highest BCUT2D eigenvalue weighted by Gasteiger charge is 2.68. The number of fused-ring (bicyclic) bond motifs is 7. The van der Waals surface area contributed by atoms with Gasteiger partial charge in [0.1, 0.15) is 42.7 Å². The molecule has 4 aliphatic carbocycles. The molecule has 4 aliphatic heterocycles. The molecule has 8 rings (SSSR count). The first kappa shape index (κ1) is 37.2. The summed E-state index contributed by atoms with van der Waals surface area (Å²) in [5.41, 5.74) is 1.75. The zero-order valence-corrected chi connectivity index (χ0v) is 30.9. The van der Waals surface area contributed by atoms with E-state index in [1.165, 1.54) is 31.8 Å². The molecule has 8 aliphatic rings. The van der Waals surface area contributed by atoms with Gasteiger partial charge >= 0.3 is 0 Å². The van der Waals surface area contributed by atoms with Crippen LogP contribution >= 0.6 is 0 Å². The summed E-state index contributed by atoms with van der Waals surface area (Å²) in [6.45, 7) is 11.5. The SMILES string of the molecule is C[C@@H]1CC[C@@]2(OC1)O[C@H]1C[C@@H]3[C@@H]4CC=C5C[C@@H](O[C@@H]6O[C@H](CO)[C@@H](O[C@@H]7O[C@@H](C)[C@H](O)[C@@H](O)[C@H]7O)[C@H](O)[C@H]6O)CC[C@]5(C)[C@@H]4CC[C@]3(C)[C@H]1[C@@H]2C. The van der Waals surface area contributed by atoms with Crippen molar-refractivity contribution in [1.82, 2.24) is 0 Å². The number of aliphatic hydroxyl groups is 6. The molecule has 0 bridgehead atoms. The highest BCUT2D eigenvalue weighted by molar-refractivity contribution is 5.26. The predicted octanol–water partition coefficient (Wildman–Crippen LogP) is 2.39. The molecule has 6 N–H and O–H groups in total. The molecule has 0 amide bonds. The third-order valence-corrected chi connectivity index (χ3v) is 15.6. The maximum absolute atomic E-state index is 11.1. The van der Waals surface area contributed by atoms with E-state index >= 15 is 0 Å². The lowest BCUT2D eigenvalue weighted by Crippen LogP contribution is -2.64. The maximum atomic E-state index is 11.1. The fourth-order valence-corrected chi connectivity index (χ4v) is 12.6. The molecule has 0 aromatic carbocycles. The summed E-state index contributed by atoms with van der Waals surface area (Å²) in [5.74, 6) is 2.99. The van der Waals surface area contributed by atoms with Gasteiger partial charge < -0.3 is 59.1 Å². The first-order valence-electron chi connectivity index (χ1n) is 19.8. The van der Waals surface area contributed by atoms with Crippen molar-refractivity contribution >= 4 is 0 Å². The standard InChI is InChI=1S/C39H62O12/c1-18-8-13-39(46-17-18)19(2)28-26(51-39)15-25-23-7-6-21-14-22(9-11-37(21,4)24(23)10-12-38(25,28)5)48-36-33(45)31(43)34(27(16-40)49-36)50-35-32(44)30(42)29(41)20(3)47-35/h6,18-20,22-36,40-45H,7-17H2,1-5H3/t18-,19+,20+,22+,23-,24-,25-,26+,27-,28+,29+,30-,31-,32-,33-,34-,35+,36-,37+,38+,39-/m1/s1. The van der Waals surface area contributed by atoms with Crippen LogP contribution < -0.4 is 0 Å². The van der Waals surface area contributed by atoms with E-state index in [2.05, 4.69) is 33.8 Å². The number of hydrogen-bond donors (Lipinski definition) is 6.